The Balaban J connectivity index is 2.57. The van der Waals surface area contributed by atoms with Gasteiger partial charge in [-0.1, -0.05) is 0 Å². The molecule has 0 aliphatic carbocycles. The zero-order valence-corrected chi connectivity index (χ0v) is 3.96. The number of aliphatic hydroxyl groups excluding tert-OH is 1. The molecule has 1 heterocycles. The lowest BCUT2D eigenvalue weighted by Crippen LogP contribution is -2.09. The number of aliphatic hydroxyl groups is 1. The van der Waals surface area contributed by atoms with E-state index in [9.17, 15) is 4.79 Å². The third-order valence-corrected chi connectivity index (χ3v) is 0.651. The molecule has 0 radical (unpaired) electrons. The van der Waals surface area contributed by atoms with Gasteiger partial charge in [-0.05, 0) is 0 Å². The van der Waals surface area contributed by atoms with Crippen LogP contribution in [0.5, 0.6) is 0 Å². The Kier molecular flexibility index (Phi) is 1.07. The first-order valence-corrected chi connectivity index (χ1v) is 2.03. The molecule has 1 rings (SSSR count). The van der Waals surface area contributed by atoms with E-state index in [1.165, 1.54) is 0 Å². The van der Waals surface area contributed by atoms with Gasteiger partial charge in [0.25, 0.3) is 0 Å². The number of hydrogen-bond acceptors (Lipinski definition) is 4. The summed E-state index contributed by atoms with van der Waals surface area (Å²) < 4.78 is 0. The highest BCUT2D eigenvalue weighted by Gasteiger charge is 2.12. The summed E-state index contributed by atoms with van der Waals surface area (Å²) in [6.45, 7) is 0. The second kappa shape index (κ2) is 1.73. The average Bonchev–Trinajstić information content (AvgIpc) is 1.64. The summed E-state index contributed by atoms with van der Waals surface area (Å²) in [7, 11) is 0. The van der Waals surface area contributed by atoms with E-state index in [1.807, 2.05) is 0 Å². The third kappa shape index (κ3) is 0.900. The summed E-state index contributed by atoms with van der Waals surface area (Å²) in [4.78, 5) is 18.1. The highest BCUT2D eigenvalue weighted by Crippen LogP contribution is 2.04. The van der Waals surface area contributed by atoms with Crippen molar-refractivity contribution in [1.82, 2.24) is 0 Å². The Morgan fingerprint density at radius 3 is 2.88 bits per heavy atom. The second-order valence-corrected chi connectivity index (χ2v) is 1.34. The molecular weight excluding hydrogens is 112 g/mol. The van der Waals surface area contributed by atoms with E-state index in [4.69, 9.17) is 5.11 Å². The summed E-state index contributed by atoms with van der Waals surface area (Å²) in [6, 6.07) is 0. The van der Waals surface area contributed by atoms with Crippen molar-refractivity contribution in [1.29, 1.82) is 0 Å². The van der Waals surface area contributed by atoms with E-state index in [0.29, 0.717) is 0 Å². The molecule has 0 aromatic carbocycles. The van der Waals surface area contributed by atoms with Crippen LogP contribution in [0.2, 0.25) is 0 Å². The molecule has 4 nitrogen and oxygen atoms in total. The van der Waals surface area contributed by atoms with Crippen molar-refractivity contribution in [3.8, 4) is 0 Å². The summed E-state index contributed by atoms with van der Waals surface area (Å²) in [6.07, 6.45) is 0.876. The Bertz CT molecular complexity index is 137. The largest absolute Gasteiger partial charge is 0.508 e. The first-order valence-electron chi connectivity index (χ1n) is 2.03. The molecule has 0 unspecified atom stereocenters. The fourth-order valence-corrected chi connectivity index (χ4v) is 0.352. The summed E-state index contributed by atoms with van der Waals surface area (Å²) in [5.74, 6) is -0.689. The minimum atomic E-state index is -0.579. The van der Waals surface area contributed by atoms with Gasteiger partial charge in [-0.3, -0.25) is 9.78 Å². The quantitative estimate of drug-likeness (QED) is 0.461. The van der Waals surface area contributed by atoms with Crippen LogP contribution in [0.4, 0.5) is 0 Å². The van der Waals surface area contributed by atoms with Gasteiger partial charge in [0.05, 0.1) is 0 Å². The molecule has 1 aliphatic rings. The zero-order chi connectivity index (χ0) is 5.98. The Labute approximate surface area is 45.3 Å². The fourth-order valence-electron chi connectivity index (χ4n) is 0.352. The van der Waals surface area contributed by atoms with Gasteiger partial charge in [-0.25, -0.2) is 4.79 Å². The predicted octanol–water partition coefficient (Wildman–Crippen LogP) is 0.264. The monoisotopic (exact) mass is 116 g/mol. The molecular formula is C4H4O4. The van der Waals surface area contributed by atoms with Gasteiger partial charge in [0.2, 0.25) is 0 Å². The van der Waals surface area contributed by atoms with Gasteiger partial charge in [-0.15, -0.1) is 0 Å². The van der Waals surface area contributed by atoms with Crippen LogP contribution < -0.4 is 0 Å². The van der Waals surface area contributed by atoms with E-state index in [-0.39, 0.29) is 12.2 Å². The zero-order valence-electron chi connectivity index (χ0n) is 3.96. The molecule has 44 valence electrons. The lowest BCUT2D eigenvalue weighted by molar-refractivity contribution is -0.245. The number of rotatable bonds is 0. The maximum absolute atomic E-state index is 10.1. The molecule has 0 saturated carbocycles. The summed E-state index contributed by atoms with van der Waals surface area (Å²) in [5.41, 5.74) is 0. The van der Waals surface area contributed by atoms with Crippen LogP contribution >= 0.6 is 0 Å². The van der Waals surface area contributed by atoms with Crippen LogP contribution in [0.3, 0.4) is 0 Å². The van der Waals surface area contributed by atoms with E-state index in [0.717, 1.165) is 6.26 Å². The molecule has 4 heteroatoms. The van der Waals surface area contributed by atoms with E-state index < -0.39 is 5.97 Å². The number of hydrogen-bond donors (Lipinski definition) is 1. The van der Waals surface area contributed by atoms with Crippen LogP contribution in [-0.2, 0) is 14.6 Å². The lowest BCUT2D eigenvalue weighted by Gasteiger charge is -2.04. The molecule has 1 aliphatic heterocycles. The van der Waals surface area contributed by atoms with E-state index >= 15 is 0 Å². The van der Waals surface area contributed by atoms with Gasteiger partial charge in [0.1, 0.15) is 12.2 Å². The van der Waals surface area contributed by atoms with Gasteiger partial charge in [0.15, 0.2) is 6.26 Å². The third-order valence-electron chi connectivity index (χ3n) is 0.651. The molecule has 8 heavy (non-hydrogen) atoms. The van der Waals surface area contributed by atoms with Crippen LogP contribution in [0, 0.1) is 0 Å². The minimum Gasteiger partial charge on any atom is -0.508 e. The van der Waals surface area contributed by atoms with E-state index in [1.54, 1.807) is 0 Å². The molecule has 1 N–H and O–H groups in total. The molecule has 0 spiro atoms. The first kappa shape index (κ1) is 4.96. The van der Waals surface area contributed by atoms with Crippen LogP contribution in [-0.4, -0.2) is 11.1 Å². The van der Waals surface area contributed by atoms with Gasteiger partial charge in [0, 0.05) is 0 Å². The maximum Gasteiger partial charge on any atom is 0.363 e. The first-order chi connectivity index (χ1) is 3.79. The van der Waals surface area contributed by atoms with Crippen molar-refractivity contribution in [3.05, 3.63) is 12.0 Å². The minimum absolute atomic E-state index is 0.0972. The van der Waals surface area contributed by atoms with Crippen LogP contribution in [0.25, 0.3) is 0 Å². The summed E-state index contributed by atoms with van der Waals surface area (Å²) in [5, 5.41) is 8.51. The molecule has 0 aromatic heterocycles. The Hall–Kier alpha value is -1.19. The van der Waals surface area contributed by atoms with Crippen LogP contribution in [0.1, 0.15) is 6.42 Å². The predicted molar refractivity (Wildman–Crippen MR) is 22.5 cm³/mol. The van der Waals surface area contributed by atoms with Crippen molar-refractivity contribution in [3.63, 3.8) is 0 Å². The van der Waals surface area contributed by atoms with Crippen molar-refractivity contribution < 1.29 is 19.7 Å². The fraction of sp³-hybridized carbons (Fsp3) is 0.250. The van der Waals surface area contributed by atoms with Crippen LogP contribution in [0.15, 0.2) is 12.0 Å². The highest BCUT2D eigenvalue weighted by atomic mass is 17.2. The lowest BCUT2D eigenvalue weighted by atomic mass is 10.4. The standard InChI is InChI=1S/C4H4O4/c5-3-1-4(6)8-7-2-3/h2,5H,1H2. The number of carbonyl (C=O) groups is 1. The molecule has 0 bridgehead atoms. The van der Waals surface area contributed by atoms with Crippen molar-refractivity contribution in [2.75, 3.05) is 0 Å². The smallest absolute Gasteiger partial charge is 0.363 e. The molecule has 0 atom stereocenters. The Morgan fingerprint density at radius 1 is 1.75 bits per heavy atom. The number of carbonyl (C=O) groups excluding carboxylic acids is 1. The molecule has 0 saturated heterocycles. The van der Waals surface area contributed by atoms with Crippen molar-refractivity contribution in [2.45, 2.75) is 6.42 Å². The maximum atomic E-state index is 10.1. The normalized spacial score (nSPS) is 18.5. The van der Waals surface area contributed by atoms with Gasteiger partial charge < -0.3 is 5.11 Å². The van der Waals surface area contributed by atoms with Crippen molar-refractivity contribution in [2.24, 2.45) is 0 Å². The van der Waals surface area contributed by atoms with Gasteiger partial charge >= 0.3 is 5.97 Å². The second-order valence-electron chi connectivity index (χ2n) is 1.34. The molecule has 0 amide bonds. The van der Waals surface area contributed by atoms with Gasteiger partial charge in [-0.2, -0.15) is 0 Å². The molecule has 0 fully saturated rings. The highest BCUT2D eigenvalue weighted by molar-refractivity contribution is 5.71. The van der Waals surface area contributed by atoms with Crippen molar-refractivity contribution >= 4 is 5.97 Å². The van der Waals surface area contributed by atoms with E-state index in [2.05, 4.69) is 9.78 Å². The summed E-state index contributed by atoms with van der Waals surface area (Å²) >= 11 is 0. The Morgan fingerprint density at radius 2 is 2.50 bits per heavy atom. The SMILES string of the molecule is O=C1CC(O)=COO1. The average molecular weight is 116 g/mol. The molecule has 0 aromatic rings. The topological polar surface area (TPSA) is 55.8 Å².